The van der Waals surface area contributed by atoms with Crippen molar-refractivity contribution in [3.63, 3.8) is 0 Å². The zero-order valence-electron chi connectivity index (χ0n) is 16.2. The minimum Gasteiger partial charge on any atom is -0.492 e. The van der Waals surface area contributed by atoms with Gasteiger partial charge in [0, 0.05) is 35.8 Å². The van der Waals surface area contributed by atoms with E-state index in [9.17, 15) is 10.2 Å². The topological polar surface area (TPSA) is 103 Å². The SMILES string of the molecule is Cc1ccnc2c1ccn2[C@@H]1C[C@H](Oc2cccc3c2C[C@@H](N)CO3)[C@@H](O)[C@H]1O. The van der Waals surface area contributed by atoms with Crippen LogP contribution in [0.2, 0.25) is 0 Å². The van der Waals surface area contributed by atoms with E-state index in [2.05, 4.69) is 4.98 Å². The lowest BCUT2D eigenvalue weighted by atomic mass is 10.0. The van der Waals surface area contributed by atoms with Crippen LogP contribution in [-0.2, 0) is 6.42 Å². The first-order valence-electron chi connectivity index (χ1n) is 9.98. The summed E-state index contributed by atoms with van der Waals surface area (Å²) in [4.78, 5) is 4.48. The summed E-state index contributed by atoms with van der Waals surface area (Å²) in [5.74, 6) is 1.42. The van der Waals surface area contributed by atoms with Crippen molar-refractivity contribution < 1.29 is 19.7 Å². The first-order chi connectivity index (χ1) is 14.0. The Morgan fingerprint density at radius 3 is 2.93 bits per heavy atom. The van der Waals surface area contributed by atoms with E-state index in [4.69, 9.17) is 15.2 Å². The molecule has 5 rings (SSSR count). The minimum atomic E-state index is -1.00. The maximum absolute atomic E-state index is 10.8. The number of rotatable bonds is 3. The summed E-state index contributed by atoms with van der Waals surface area (Å²) >= 11 is 0. The van der Waals surface area contributed by atoms with E-state index in [0.717, 1.165) is 27.9 Å². The molecule has 0 saturated heterocycles. The van der Waals surface area contributed by atoms with Gasteiger partial charge in [-0.25, -0.2) is 4.98 Å². The first kappa shape index (κ1) is 18.4. The average Bonchev–Trinajstić information content (AvgIpc) is 3.26. The fourth-order valence-corrected chi connectivity index (χ4v) is 4.49. The van der Waals surface area contributed by atoms with Gasteiger partial charge >= 0.3 is 0 Å². The molecular weight excluding hydrogens is 370 g/mol. The van der Waals surface area contributed by atoms with Gasteiger partial charge in [0.15, 0.2) is 0 Å². The van der Waals surface area contributed by atoms with Gasteiger partial charge in [-0.15, -0.1) is 0 Å². The van der Waals surface area contributed by atoms with Crippen LogP contribution in [0.4, 0.5) is 0 Å². The molecule has 7 nitrogen and oxygen atoms in total. The van der Waals surface area contributed by atoms with Crippen molar-refractivity contribution in [3.8, 4) is 11.5 Å². The fourth-order valence-electron chi connectivity index (χ4n) is 4.49. The average molecular weight is 395 g/mol. The highest BCUT2D eigenvalue weighted by atomic mass is 16.5. The van der Waals surface area contributed by atoms with Gasteiger partial charge in [0.2, 0.25) is 0 Å². The standard InChI is InChI=1S/C22H25N3O4/c1-12-5-7-24-22-14(12)6-8-25(22)16-10-19(21(27)20(16)26)29-18-4-2-3-17-15(18)9-13(23)11-28-17/h2-8,13,16,19-21,26-27H,9-11,23H2,1H3/t13-,16-,19+,20+,21-/m1/s1. The summed E-state index contributed by atoms with van der Waals surface area (Å²) < 4.78 is 13.8. The molecule has 7 heteroatoms. The van der Waals surface area contributed by atoms with Crippen LogP contribution in [0.15, 0.2) is 42.7 Å². The van der Waals surface area contributed by atoms with Crippen molar-refractivity contribution in [2.24, 2.45) is 5.73 Å². The Labute approximate surface area is 168 Å². The predicted octanol–water partition coefficient (Wildman–Crippen LogP) is 1.72. The van der Waals surface area contributed by atoms with Crippen LogP contribution in [0.5, 0.6) is 11.5 Å². The lowest BCUT2D eigenvalue weighted by molar-refractivity contribution is -0.0167. The van der Waals surface area contributed by atoms with Gasteiger partial charge in [0.1, 0.15) is 42.1 Å². The second-order valence-electron chi connectivity index (χ2n) is 8.04. The van der Waals surface area contributed by atoms with Gasteiger partial charge in [0.25, 0.3) is 0 Å². The number of aliphatic hydroxyl groups excluding tert-OH is 2. The molecule has 29 heavy (non-hydrogen) atoms. The number of pyridine rings is 1. The van der Waals surface area contributed by atoms with Crippen molar-refractivity contribution in [1.82, 2.24) is 9.55 Å². The van der Waals surface area contributed by atoms with E-state index in [1.54, 1.807) is 6.20 Å². The quantitative estimate of drug-likeness (QED) is 0.624. The summed E-state index contributed by atoms with van der Waals surface area (Å²) in [6.07, 6.45) is 2.32. The molecule has 1 fully saturated rings. The second-order valence-corrected chi connectivity index (χ2v) is 8.04. The van der Waals surface area contributed by atoms with Crippen molar-refractivity contribution in [2.45, 2.75) is 50.2 Å². The zero-order chi connectivity index (χ0) is 20.1. The third kappa shape index (κ3) is 3.06. The van der Waals surface area contributed by atoms with Crippen molar-refractivity contribution >= 4 is 11.0 Å². The third-order valence-corrected chi connectivity index (χ3v) is 6.08. The first-order valence-corrected chi connectivity index (χ1v) is 9.98. The summed E-state index contributed by atoms with van der Waals surface area (Å²) in [7, 11) is 0. The third-order valence-electron chi connectivity index (χ3n) is 6.08. The molecule has 3 aromatic rings. The number of nitrogens with two attached hydrogens (primary N) is 1. The molecule has 152 valence electrons. The Balaban J connectivity index is 1.43. The van der Waals surface area contributed by atoms with Crippen molar-refractivity contribution in [3.05, 3.63) is 53.9 Å². The molecule has 5 atom stereocenters. The summed E-state index contributed by atoms with van der Waals surface area (Å²) in [5, 5.41) is 22.5. The van der Waals surface area contributed by atoms with Gasteiger partial charge in [-0.3, -0.25) is 0 Å². The minimum absolute atomic E-state index is 0.0837. The van der Waals surface area contributed by atoms with E-state index in [1.807, 2.05) is 48.0 Å². The molecule has 0 spiro atoms. The molecule has 0 bridgehead atoms. The van der Waals surface area contributed by atoms with Gasteiger partial charge in [-0.1, -0.05) is 6.07 Å². The summed E-state index contributed by atoms with van der Waals surface area (Å²) in [5.41, 5.74) is 8.89. The number of aliphatic hydroxyl groups is 2. The number of aryl methyl sites for hydroxylation is 1. The molecule has 4 N–H and O–H groups in total. The fraction of sp³-hybridized carbons (Fsp3) is 0.409. The maximum Gasteiger partial charge on any atom is 0.140 e. The number of hydrogen-bond acceptors (Lipinski definition) is 6. The highest BCUT2D eigenvalue weighted by Gasteiger charge is 2.44. The normalized spacial score (nSPS) is 28.9. The lowest BCUT2D eigenvalue weighted by Crippen LogP contribution is -2.36. The van der Waals surface area contributed by atoms with Crippen LogP contribution in [-0.4, -0.2) is 50.7 Å². The highest BCUT2D eigenvalue weighted by molar-refractivity contribution is 5.79. The zero-order valence-corrected chi connectivity index (χ0v) is 16.2. The van der Waals surface area contributed by atoms with Crippen LogP contribution in [0.25, 0.3) is 11.0 Å². The van der Waals surface area contributed by atoms with Gasteiger partial charge in [-0.05, 0) is 43.2 Å². The van der Waals surface area contributed by atoms with Crippen LogP contribution in [0.1, 0.15) is 23.6 Å². The number of ether oxygens (including phenoxy) is 2. The lowest BCUT2D eigenvalue weighted by Gasteiger charge is -2.26. The number of fused-ring (bicyclic) bond motifs is 2. The van der Waals surface area contributed by atoms with Crippen molar-refractivity contribution in [1.29, 1.82) is 0 Å². The largest absolute Gasteiger partial charge is 0.492 e. The smallest absolute Gasteiger partial charge is 0.140 e. The van der Waals surface area contributed by atoms with Gasteiger partial charge in [-0.2, -0.15) is 0 Å². The van der Waals surface area contributed by atoms with E-state index in [1.165, 1.54) is 0 Å². The molecule has 0 amide bonds. The molecule has 2 aromatic heterocycles. The number of benzene rings is 1. The van der Waals surface area contributed by atoms with Crippen LogP contribution < -0.4 is 15.2 Å². The second kappa shape index (κ2) is 7.02. The van der Waals surface area contributed by atoms with Crippen LogP contribution in [0, 0.1) is 6.92 Å². The molecule has 1 aliphatic heterocycles. The van der Waals surface area contributed by atoms with E-state index >= 15 is 0 Å². The monoisotopic (exact) mass is 395 g/mol. The number of aromatic nitrogens is 2. The highest BCUT2D eigenvalue weighted by Crippen LogP contribution is 2.39. The van der Waals surface area contributed by atoms with Crippen LogP contribution >= 0.6 is 0 Å². The number of hydrogen-bond donors (Lipinski definition) is 3. The number of nitrogens with zero attached hydrogens (tertiary/aromatic N) is 2. The molecule has 0 unspecified atom stereocenters. The van der Waals surface area contributed by atoms with Gasteiger partial charge < -0.3 is 30.0 Å². The Morgan fingerprint density at radius 2 is 2.07 bits per heavy atom. The molecular formula is C22H25N3O4. The van der Waals surface area contributed by atoms with Gasteiger partial charge in [0.05, 0.1) is 6.04 Å². The molecule has 1 aliphatic carbocycles. The molecule has 0 radical (unpaired) electrons. The van der Waals surface area contributed by atoms with E-state index in [-0.39, 0.29) is 12.1 Å². The maximum atomic E-state index is 10.8. The van der Waals surface area contributed by atoms with E-state index in [0.29, 0.717) is 25.2 Å². The Bertz CT molecular complexity index is 1050. The van der Waals surface area contributed by atoms with Crippen LogP contribution in [0.3, 0.4) is 0 Å². The Hall–Kier alpha value is -2.61. The Kier molecular flexibility index (Phi) is 4.46. The predicted molar refractivity (Wildman–Crippen MR) is 108 cm³/mol. The summed E-state index contributed by atoms with van der Waals surface area (Å²) in [6.45, 7) is 2.52. The molecule has 1 aromatic carbocycles. The van der Waals surface area contributed by atoms with E-state index < -0.39 is 18.3 Å². The van der Waals surface area contributed by atoms with Crippen molar-refractivity contribution in [2.75, 3.05) is 6.61 Å². The summed E-state index contributed by atoms with van der Waals surface area (Å²) in [6, 6.07) is 9.19. The molecule has 3 heterocycles. The Morgan fingerprint density at radius 1 is 1.21 bits per heavy atom. The molecule has 1 saturated carbocycles. The molecule has 2 aliphatic rings.